The van der Waals surface area contributed by atoms with Crippen LogP contribution in [0.15, 0.2) is 42.5 Å². The quantitative estimate of drug-likeness (QED) is 0.769. The summed E-state index contributed by atoms with van der Waals surface area (Å²) in [5, 5.41) is 14.1. The maximum absolute atomic E-state index is 11.8. The number of carbonyl (C=O) groups is 2. The molecular formula is C19H17N3O5. The largest absolute Gasteiger partial charge is 0.454 e. The fraction of sp³-hybridized carbons (Fsp3) is 0.211. The summed E-state index contributed by atoms with van der Waals surface area (Å²) < 4.78 is 15.6. The molecule has 2 amide bonds. The van der Waals surface area contributed by atoms with Gasteiger partial charge < -0.3 is 24.8 Å². The minimum atomic E-state index is -0.386. The standard InChI is InChI=1S/C19H17N3O5/c20-8-13-1-4-15(5-2-13)22-19(24)11-25-10-18(23)21-9-14-3-6-16-17(7-14)27-12-26-16/h1-7H,9-12H2,(H,21,23)(H,22,24). The number of nitrogens with zero attached hydrogens (tertiary/aromatic N) is 1. The third-order valence-electron chi connectivity index (χ3n) is 3.69. The number of carbonyl (C=O) groups excluding carboxylic acids is 2. The minimum Gasteiger partial charge on any atom is -0.454 e. The van der Waals surface area contributed by atoms with Gasteiger partial charge in [-0.05, 0) is 42.0 Å². The van der Waals surface area contributed by atoms with Gasteiger partial charge in [0.05, 0.1) is 11.6 Å². The molecule has 2 aromatic carbocycles. The lowest BCUT2D eigenvalue weighted by atomic mass is 10.2. The molecule has 27 heavy (non-hydrogen) atoms. The van der Waals surface area contributed by atoms with Crippen LogP contribution >= 0.6 is 0 Å². The van der Waals surface area contributed by atoms with Crippen molar-refractivity contribution in [2.75, 3.05) is 25.3 Å². The fourth-order valence-electron chi connectivity index (χ4n) is 2.36. The molecule has 0 fully saturated rings. The van der Waals surface area contributed by atoms with Gasteiger partial charge in [0.15, 0.2) is 11.5 Å². The summed E-state index contributed by atoms with van der Waals surface area (Å²) in [6, 6.07) is 13.8. The zero-order chi connectivity index (χ0) is 19.1. The second-order valence-corrected chi connectivity index (χ2v) is 5.69. The first kappa shape index (κ1) is 18.2. The molecule has 8 heteroatoms. The van der Waals surface area contributed by atoms with Crippen molar-refractivity contribution in [1.29, 1.82) is 5.26 Å². The number of nitriles is 1. The number of anilines is 1. The SMILES string of the molecule is N#Cc1ccc(NC(=O)COCC(=O)NCc2ccc3c(c2)OCO3)cc1. The smallest absolute Gasteiger partial charge is 0.250 e. The first-order valence-corrected chi connectivity index (χ1v) is 8.17. The summed E-state index contributed by atoms with van der Waals surface area (Å²) in [5.74, 6) is 0.612. The lowest BCUT2D eigenvalue weighted by Crippen LogP contribution is -2.29. The minimum absolute atomic E-state index is 0.198. The summed E-state index contributed by atoms with van der Waals surface area (Å²) in [6.07, 6.45) is 0. The molecule has 1 aliphatic heterocycles. The second kappa shape index (κ2) is 8.69. The van der Waals surface area contributed by atoms with Crippen LogP contribution in [0.3, 0.4) is 0 Å². The summed E-state index contributed by atoms with van der Waals surface area (Å²) in [5.41, 5.74) is 1.92. The van der Waals surface area contributed by atoms with Crippen molar-refractivity contribution in [2.45, 2.75) is 6.54 Å². The van der Waals surface area contributed by atoms with Crippen LogP contribution in [0.25, 0.3) is 0 Å². The molecule has 8 nitrogen and oxygen atoms in total. The number of fused-ring (bicyclic) bond motifs is 1. The van der Waals surface area contributed by atoms with Gasteiger partial charge in [0.2, 0.25) is 18.6 Å². The maximum Gasteiger partial charge on any atom is 0.250 e. The highest BCUT2D eigenvalue weighted by molar-refractivity contribution is 5.91. The third-order valence-corrected chi connectivity index (χ3v) is 3.69. The Hall–Kier alpha value is -3.57. The number of hydrogen-bond acceptors (Lipinski definition) is 6. The number of benzene rings is 2. The highest BCUT2D eigenvalue weighted by atomic mass is 16.7. The molecule has 0 aromatic heterocycles. The second-order valence-electron chi connectivity index (χ2n) is 5.69. The van der Waals surface area contributed by atoms with E-state index in [0.29, 0.717) is 29.3 Å². The van der Waals surface area contributed by atoms with E-state index in [9.17, 15) is 9.59 Å². The molecule has 2 aromatic rings. The van der Waals surface area contributed by atoms with E-state index < -0.39 is 0 Å². The van der Waals surface area contributed by atoms with Crippen LogP contribution in [0.4, 0.5) is 5.69 Å². The van der Waals surface area contributed by atoms with Gasteiger partial charge in [0.1, 0.15) is 13.2 Å². The number of nitrogens with one attached hydrogen (secondary N) is 2. The predicted molar refractivity (Wildman–Crippen MR) is 95.0 cm³/mol. The van der Waals surface area contributed by atoms with Gasteiger partial charge in [-0.1, -0.05) is 6.07 Å². The Morgan fingerprint density at radius 1 is 1.04 bits per heavy atom. The number of ether oxygens (including phenoxy) is 3. The number of hydrogen-bond donors (Lipinski definition) is 2. The van der Waals surface area contributed by atoms with Crippen LogP contribution in [0.5, 0.6) is 11.5 Å². The molecule has 1 heterocycles. The normalized spacial score (nSPS) is 11.5. The van der Waals surface area contributed by atoms with Crippen molar-refractivity contribution in [3.63, 3.8) is 0 Å². The van der Waals surface area contributed by atoms with Crippen LogP contribution in [0.2, 0.25) is 0 Å². The van der Waals surface area contributed by atoms with E-state index in [2.05, 4.69) is 10.6 Å². The predicted octanol–water partition coefficient (Wildman–Crippen LogP) is 1.56. The average molecular weight is 367 g/mol. The monoisotopic (exact) mass is 367 g/mol. The Morgan fingerprint density at radius 2 is 1.78 bits per heavy atom. The molecule has 0 saturated heterocycles. The van der Waals surface area contributed by atoms with Crippen LogP contribution in [-0.4, -0.2) is 31.8 Å². The summed E-state index contributed by atoms with van der Waals surface area (Å²) in [4.78, 5) is 23.6. The highest BCUT2D eigenvalue weighted by Crippen LogP contribution is 2.32. The van der Waals surface area contributed by atoms with Gasteiger partial charge in [-0.15, -0.1) is 0 Å². The van der Waals surface area contributed by atoms with Gasteiger partial charge in [-0.25, -0.2) is 0 Å². The van der Waals surface area contributed by atoms with Crippen LogP contribution < -0.4 is 20.1 Å². The first-order valence-electron chi connectivity index (χ1n) is 8.17. The van der Waals surface area contributed by atoms with E-state index in [1.165, 1.54) is 0 Å². The first-order chi connectivity index (χ1) is 13.1. The van der Waals surface area contributed by atoms with E-state index in [1.807, 2.05) is 12.1 Å². The molecular weight excluding hydrogens is 350 g/mol. The van der Waals surface area contributed by atoms with Crippen molar-refractivity contribution in [1.82, 2.24) is 5.32 Å². The molecule has 0 aliphatic carbocycles. The molecule has 1 aliphatic rings. The van der Waals surface area contributed by atoms with E-state index in [4.69, 9.17) is 19.5 Å². The molecule has 138 valence electrons. The van der Waals surface area contributed by atoms with Gasteiger partial charge in [0, 0.05) is 12.2 Å². The fourth-order valence-corrected chi connectivity index (χ4v) is 2.36. The van der Waals surface area contributed by atoms with Gasteiger partial charge in [-0.2, -0.15) is 5.26 Å². The molecule has 0 saturated carbocycles. The van der Waals surface area contributed by atoms with E-state index in [-0.39, 0.29) is 31.8 Å². The van der Waals surface area contributed by atoms with Gasteiger partial charge in [-0.3, -0.25) is 9.59 Å². The van der Waals surface area contributed by atoms with Gasteiger partial charge >= 0.3 is 0 Å². The average Bonchev–Trinajstić information content (AvgIpc) is 3.15. The van der Waals surface area contributed by atoms with Crippen LogP contribution in [-0.2, 0) is 20.9 Å². The van der Waals surface area contributed by atoms with E-state index in [1.54, 1.807) is 36.4 Å². The van der Waals surface area contributed by atoms with Crippen molar-refractivity contribution in [3.8, 4) is 17.6 Å². The topological polar surface area (TPSA) is 110 Å². The highest BCUT2D eigenvalue weighted by Gasteiger charge is 2.13. The van der Waals surface area contributed by atoms with E-state index in [0.717, 1.165) is 5.56 Å². The van der Waals surface area contributed by atoms with Crippen molar-refractivity contribution < 1.29 is 23.8 Å². The summed E-state index contributed by atoms with van der Waals surface area (Å²) in [7, 11) is 0. The Morgan fingerprint density at radius 3 is 2.56 bits per heavy atom. The van der Waals surface area contributed by atoms with Crippen molar-refractivity contribution in [3.05, 3.63) is 53.6 Å². The number of rotatable bonds is 7. The van der Waals surface area contributed by atoms with Crippen LogP contribution in [0, 0.1) is 11.3 Å². The Labute approximate surface area is 155 Å². The van der Waals surface area contributed by atoms with Crippen molar-refractivity contribution in [2.24, 2.45) is 0 Å². The Kier molecular flexibility index (Phi) is 5.87. The zero-order valence-electron chi connectivity index (χ0n) is 14.4. The molecule has 0 radical (unpaired) electrons. The third kappa shape index (κ3) is 5.20. The molecule has 0 unspecified atom stereocenters. The molecule has 3 rings (SSSR count). The van der Waals surface area contributed by atoms with Crippen LogP contribution in [0.1, 0.15) is 11.1 Å². The lowest BCUT2D eigenvalue weighted by molar-refractivity contribution is -0.128. The summed E-state index contributed by atoms with van der Waals surface area (Å²) >= 11 is 0. The Balaban J connectivity index is 1.35. The van der Waals surface area contributed by atoms with Crippen molar-refractivity contribution >= 4 is 17.5 Å². The lowest BCUT2D eigenvalue weighted by Gasteiger charge is -2.08. The molecule has 0 atom stereocenters. The molecule has 0 spiro atoms. The number of amides is 2. The maximum atomic E-state index is 11.8. The Bertz CT molecular complexity index is 874. The molecule has 2 N–H and O–H groups in total. The summed E-state index contributed by atoms with van der Waals surface area (Å²) in [6.45, 7) is 0.0303. The zero-order valence-corrected chi connectivity index (χ0v) is 14.4. The van der Waals surface area contributed by atoms with Gasteiger partial charge in [0.25, 0.3) is 0 Å². The van der Waals surface area contributed by atoms with E-state index >= 15 is 0 Å². The molecule has 0 bridgehead atoms.